The fraction of sp³-hybridized carbons (Fsp3) is 0.207. The van der Waals surface area contributed by atoms with Gasteiger partial charge in [0.2, 0.25) is 0 Å². The number of nitrogens with zero attached hydrogens (tertiary/aromatic N) is 3. The minimum Gasteiger partial charge on any atom is -0.496 e. The fourth-order valence-electron chi connectivity index (χ4n) is 4.85. The molecule has 1 aliphatic heterocycles. The summed E-state index contributed by atoms with van der Waals surface area (Å²) < 4.78 is 7.17. The van der Waals surface area contributed by atoms with E-state index in [0.29, 0.717) is 47.9 Å². The molecule has 6 nitrogen and oxygen atoms in total. The second-order valence-electron chi connectivity index (χ2n) is 8.66. The van der Waals surface area contributed by atoms with Gasteiger partial charge in [0.05, 0.1) is 31.0 Å². The number of methoxy groups -OCH3 is 1. The number of ether oxygens (including phenoxy) is 1. The van der Waals surface area contributed by atoms with E-state index in [0.717, 1.165) is 11.1 Å². The monoisotopic (exact) mass is 465 g/mol. The van der Waals surface area contributed by atoms with Crippen molar-refractivity contribution in [2.75, 3.05) is 13.7 Å². The molecule has 0 unspecified atom stereocenters. The van der Waals surface area contributed by atoms with Gasteiger partial charge in [-0.3, -0.25) is 14.2 Å². The summed E-state index contributed by atoms with van der Waals surface area (Å²) in [5.74, 6) is 1.04. The minimum atomic E-state index is -0.282. The highest BCUT2D eigenvalue weighted by atomic mass is 16.5. The van der Waals surface area contributed by atoms with Gasteiger partial charge in [-0.15, -0.1) is 0 Å². The summed E-state index contributed by atoms with van der Waals surface area (Å²) in [6, 6.07) is 27.0. The summed E-state index contributed by atoms with van der Waals surface area (Å²) in [7, 11) is 1.56. The summed E-state index contributed by atoms with van der Waals surface area (Å²) in [6.07, 6.45) is 0.457. The molecule has 176 valence electrons. The molecule has 1 aromatic heterocycles. The van der Waals surface area contributed by atoms with Crippen molar-refractivity contribution in [3.8, 4) is 5.75 Å². The quantitative estimate of drug-likeness (QED) is 0.438. The van der Waals surface area contributed by atoms with Gasteiger partial charge < -0.3 is 9.64 Å². The Morgan fingerprint density at radius 3 is 2.14 bits per heavy atom. The number of para-hydroxylation sites is 1. The summed E-state index contributed by atoms with van der Waals surface area (Å²) in [4.78, 5) is 33.7. The van der Waals surface area contributed by atoms with Crippen molar-refractivity contribution in [2.24, 2.45) is 0 Å². The Hall–Kier alpha value is -4.19. The van der Waals surface area contributed by atoms with Crippen LogP contribution in [0.3, 0.4) is 0 Å². The standard InChI is InChI=1S/C29H27N3O3/c1-20-30-25-19-31(28(33)24-15-9-10-16-26(24)35-2)18-17-23(25)29(34)32(20)27(21-11-5-3-6-12-21)22-13-7-4-8-14-22/h3-16,27H,17-19H2,1-2H3. The number of fused-ring (bicyclic) bond motifs is 1. The largest absolute Gasteiger partial charge is 0.496 e. The Morgan fingerprint density at radius 1 is 0.914 bits per heavy atom. The molecule has 0 fully saturated rings. The maximum absolute atomic E-state index is 13.9. The molecular weight excluding hydrogens is 438 g/mol. The van der Waals surface area contributed by atoms with Crippen LogP contribution >= 0.6 is 0 Å². The molecule has 0 saturated carbocycles. The number of aromatic nitrogens is 2. The molecule has 0 saturated heterocycles. The molecule has 0 radical (unpaired) electrons. The van der Waals surface area contributed by atoms with Gasteiger partial charge in [0.1, 0.15) is 11.6 Å². The zero-order chi connectivity index (χ0) is 24.4. The third-order valence-electron chi connectivity index (χ3n) is 6.56. The third-order valence-corrected chi connectivity index (χ3v) is 6.56. The molecule has 6 heteroatoms. The van der Waals surface area contributed by atoms with Crippen molar-refractivity contribution in [3.63, 3.8) is 0 Å². The highest BCUT2D eigenvalue weighted by Gasteiger charge is 2.29. The summed E-state index contributed by atoms with van der Waals surface area (Å²) in [6.45, 7) is 2.61. The lowest BCUT2D eigenvalue weighted by Gasteiger charge is -2.30. The van der Waals surface area contributed by atoms with Crippen molar-refractivity contribution in [2.45, 2.75) is 25.9 Å². The number of carbonyl (C=O) groups excluding carboxylic acids is 1. The second kappa shape index (κ2) is 9.58. The molecule has 0 atom stereocenters. The van der Waals surface area contributed by atoms with Gasteiger partial charge in [0.25, 0.3) is 11.5 Å². The maximum atomic E-state index is 13.9. The summed E-state index contributed by atoms with van der Waals surface area (Å²) in [5, 5.41) is 0. The molecule has 35 heavy (non-hydrogen) atoms. The van der Waals surface area contributed by atoms with Crippen LogP contribution < -0.4 is 10.3 Å². The zero-order valence-electron chi connectivity index (χ0n) is 19.8. The number of rotatable bonds is 5. The molecular formula is C29H27N3O3. The highest BCUT2D eigenvalue weighted by molar-refractivity contribution is 5.97. The molecule has 1 amide bonds. The highest BCUT2D eigenvalue weighted by Crippen LogP contribution is 2.28. The van der Waals surface area contributed by atoms with Crippen molar-refractivity contribution in [1.82, 2.24) is 14.5 Å². The molecule has 4 aromatic rings. The van der Waals surface area contributed by atoms with Gasteiger partial charge in [-0.25, -0.2) is 4.98 Å². The van der Waals surface area contributed by atoms with Gasteiger partial charge >= 0.3 is 0 Å². The topological polar surface area (TPSA) is 64.4 Å². The Labute approximate surface area is 204 Å². The number of hydrogen-bond acceptors (Lipinski definition) is 4. The lowest BCUT2D eigenvalue weighted by atomic mass is 9.97. The summed E-state index contributed by atoms with van der Waals surface area (Å²) in [5.41, 5.74) is 3.85. The van der Waals surface area contributed by atoms with E-state index < -0.39 is 0 Å². The predicted octanol–water partition coefficient (Wildman–Crippen LogP) is 4.40. The lowest BCUT2D eigenvalue weighted by Crippen LogP contribution is -2.42. The number of amides is 1. The van der Waals surface area contributed by atoms with E-state index in [1.165, 1.54) is 0 Å². The average molecular weight is 466 g/mol. The van der Waals surface area contributed by atoms with Gasteiger partial charge in [-0.05, 0) is 36.6 Å². The predicted molar refractivity (Wildman–Crippen MR) is 135 cm³/mol. The van der Waals surface area contributed by atoms with Gasteiger partial charge in [0.15, 0.2) is 0 Å². The lowest BCUT2D eigenvalue weighted by molar-refractivity contribution is 0.0727. The number of aryl methyl sites for hydroxylation is 1. The second-order valence-corrected chi connectivity index (χ2v) is 8.66. The zero-order valence-corrected chi connectivity index (χ0v) is 19.8. The first-order valence-electron chi connectivity index (χ1n) is 11.7. The van der Waals surface area contributed by atoms with Crippen molar-refractivity contribution >= 4 is 5.91 Å². The number of hydrogen-bond donors (Lipinski definition) is 0. The van der Waals surface area contributed by atoms with E-state index >= 15 is 0 Å². The molecule has 0 aliphatic carbocycles. The van der Waals surface area contributed by atoms with Crippen LogP contribution in [0.25, 0.3) is 0 Å². The minimum absolute atomic E-state index is 0.0467. The molecule has 2 heterocycles. The smallest absolute Gasteiger partial charge is 0.257 e. The van der Waals surface area contributed by atoms with Crippen LogP contribution in [0.1, 0.15) is 44.6 Å². The van der Waals surface area contributed by atoms with Crippen molar-refractivity contribution in [1.29, 1.82) is 0 Å². The Morgan fingerprint density at radius 2 is 1.51 bits per heavy atom. The van der Waals surface area contributed by atoms with Crippen LogP contribution in [-0.4, -0.2) is 34.0 Å². The van der Waals surface area contributed by atoms with Crippen LogP contribution in [0.15, 0.2) is 89.7 Å². The fourth-order valence-corrected chi connectivity index (χ4v) is 4.85. The van der Waals surface area contributed by atoms with Gasteiger partial charge in [0, 0.05) is 12.1 Å². The normalized spacial score (nSPS) is 12.9. The first-order chi connectivity index (χ1) is 17.1. The SMILES string of the molecule is COc1ccccc1C(=O)N1CCc2c(nc(C)n(C(c3ccccc3)c3ccccc3)c2=O)C1. The Balaban J connectivity index is 1.55. The van der Waals surface area contributed by atoms with Crippen LogP contribution in [0.5, 0.6) is 5.75 Å². The molecule has 0 bridgehead atoms. The third kappa shape index (κ3) is 4.23. The van der Waals surface area contributed by atoms with E-state index in [2.05, 4.69) is 0 Å². The van der Waals surface area contributed by atoms with Crippen LogP contribution in [0.4, 0.5) is 0 Å². The van der Waals surface area contributed by atoms with Crippen molar-refractivity contribution in [3.05, 3.63) is 129 Å². The molecule has 3 aromatic carbocycles. The van der Waals surface area contributed by atoms with E-state index in [1.54, 1.807) is 28.7 Å². The van der Waals surface area contributed by atoms with E-state index in [9.17, 15) is 9.59 Å². The van der Waals surface area contributed by atoms with Crippen LogP contribution in [0, 0.1) is 6.92 Å². The number of carbonyl (C=O) groups is 1. The maximum Gasteiger partial charge on any atom is 0.257 e. The first-order valence-corrected chi connectivity index (χ1v) is 11.7. The van der Waals surface area contributed by atoms with E-state index in [4.69, 9.17) is 9.72 Å². The van der Waals surface area contributed by atoms with Crippen LogP contribution in [-0.2, 0) is 13.0 Å². The molecule has 0 N–H and O–H groups in total. The number of benzene rings is 3. The van der Waals surface area contributed by atoms with Crippen molar-refractivity contribution < 1.29 is 9.53 Å². The van der Waals surface area contributed by atoms with E-state index in [1.807, 2.05) is 79.7 Å². The van der Waals surface area contributed by atoms with Crippen LogP contribution in [0.2, 0.25) is 0 Å². The average Bonchev–Trinajstić information content (AvgIpc) is 2.91. The molecule has 1 aliphatic rings. The van der Waals surface area contributed by atoms with E-state index in [-0.39, 0.29) is 17.5 Å². The van der Waals surface area contributed by atoms with Gasteiger partial charge in [-0.1, -0.05) is 72.8 Å². The first kappa shape index (κ1) is 22.6. The summed E-state index contributed by atoms with van der Waals surface area (Å²) >= 11 is 0. The molecule has 5 rings (SSSR count). The van der Waals surface area contributed by atoms with Gasteiger partial charge in [-0.2, -0.15) is 0 Å². The molecule has 0 spiro atoms. The Kier molecular flexibility index (Phi) is 6.19. The Bertz CT molecular complexity index is 1380.